The SMILES string of the molecule is Cc1cc[nH][nH][nH]c1CC(C)(C)CC(C)(C)CC(=O)NS(=O)(=O)CC(C)(C)CC(C)(C)CC(N)=O. The Morgan fingerprint density at radius 3 is 2.03 bits per heavy atom. The maximum Gasteiger partial charge on any atom is 0.235 e. The number of primary amides is 1. The van der Waals surface area contributed by atoms with Crippen LogP contribution < -0.4 is 10.5 Å². The zero-order valence-electron chi connectivity index (χ0n) is 23.0. The van der Waals surface area contributed by atoms with Crippen LogP contribution in [0.15, 0.2) is 12.3 Å². The van der Waals surface area contributed by atoms with E-state index in [1.54, 1.807) is 0 Å². The molecule has 0 bridgehead atoms. The number of carbonyl (C=O) groups excluding carboxylic acids is 2. The zero-order valence-corrected chi connectivity index (χ0v) is 23.8. The summed E-state index contributed by atoms with van der Waals surface area (Å²) in [4.78, 5) is 24.1. The van der Waals surface area contributed by atoms with Crippen LogP contribution in [0.1, 0.15) is 92.3 Å². The Balaban J connectivity index is 2.80. The maximum absolute atomic E-state index is 12.8. The van der Waals surface area contributed by atoms with E-state index in [-0.39, 0.29) is 24.0 Å². The Morgan fingerprint density at radius 2 is 1.46 bits per heavy atom. The van der Waals surface area contributed by atoms with Gasteiger partial charge in [0.2, 0.25) is 21.8 Å². The topological polar surface area (TPSA) is 154 Å². The zero-order chi connectivity index (χ0) is 27.3. The van der Waals surface area contributed by atoms with E-state index in [0.29, 0.717) is 6.42 Å². The average Bonchev–Trinajstić information content (AvgIpc) is 2.72. The van der Waals surface area contributed by atoms with Crippen LogP contribution in [0.3, 0.4) is 0 Å². The van der Waals surface area contributed by atoms with Crippen molar-refractivity contribution >= 4 is 21.8 Å². The molecule has 202 valence electrons. The minimum atomic E-state index is -3.85. The molecule has 1 rings (SSSR count). The summed E-state index contributed by atoms with van der Waals surface area (Å²) >= 11 is 0. The molecule has 0 saturated carbocycles. The van der Waals surface area contributed by atoms with Crippen molar-refractivity contribution in [2.45, 2.75) is 94.4 Å². The molecule has 0 aliphatic rings. The molecule has 0 aliphatic heterocycles. The van der Waals surface area contributed by atoms with Crippen LogP contribution >= 0.6 is 0 Å². The van der Waals surface area contributed by atoms with Crippen LogP contribution in [0.25, 0.3) is 0 Å². The first-order valence-electron chi connectivity index (χ1n) is 12.1. The highest BCUT2D eigenvalue weighted by Gasteiger charge is 2.36. The Kier molecular flexibility index (Phi) is 9.88. The Hall–Kier alpha value is -2.23. The molecule has 0 radical (unpaired) electrons. The molecule has 35 heavy (non-hydrogen) atoms. The minimum Gasteiger partial charge on any atom is -0.370 e. The molecule has 0 saturated heterocycles. The Labute approximate surface area is 211 Å². The summed E-state index contributed by atoms with van der Waals surface area (Å²) in [5.41, 5.74) is 5.86. The molecule has 1 aromatic rings. The molecule has 2 amide bonds. The maximum atomic E-state index is 12.8. The summed E-state index contributed by atoms with van der Waals surface area (Å²) in [6, 6.07) is 1.98. The van der Waals surface area contributed by atoms with Crippen molar-refractivity contribution in [3.05, 3.63) is 23.5 Å². The molecule has 1 heterocycles. The van der Waals surface area contributed by atoms with Crippen LogP contribution in [0.5, 0.6) is 0 Å². The van der Waals surface area contributed by atoms with Gasteiger partial charge in [-0.1, -0.05) is 55.4 Å². The number of amides is 2. The Morgan fingerprint density at radius 1 is 0.914 bits per heavy atom. The van der Waals surface area contributed by atoms with Gasteiger partial charge in [0.15, 0.2) is 0 Å². The van der Waals surface area contributed by atoms with Crippen molar-refractivity contribution in [3.8, 4) is 0 Å². The van der Waals surface area contributed by atoms with Gasteiger partial charge >= 0.3 is 0 Å². The first-order valence-corrected chi connectivity index (χ1v) is 13.7. The molecule has 0 atom stereocenters. The van der Waals surface area contributed by atoms with Crippen molar-refractivity contribution in [2.75, 3.05) is 5.75 Å². The van der Waals surface area contributed by atoms with E-state index in [4.69, 9.17) is 5.73 Å². The lowest BCUT2D eigenvalue weighted by Gasteiger charge is -2.35. The number of nitrogens with one attached hydrogen (secondary N) is 4. The fourth-order valence-electron chi connectivity index (χ4n) is 5.68. The van der Waals surface area contributed by atoms with Crippen LogP contribution in [0, 0.1) is 28.6 Å². The third-order valence-electron chi connectivity index (χ3n) is 5.89. The van der Waals surface area contributed by atoms with E-state index in [1.165, 1.54) is 0 Å². The first-order chi connectivity index (χ1) is 15.6. The van der Waals surface area contributed by atoms with E-state index in [0.717, 1.165) is 24.1 Å². The number of H-pyrrole nitrogens is 3. The van der Waals surface area contributed by atoms with E-state index in [2.05, 4.69) is 34.0 Å². The van der Waals surface area contributed by atoms with Crippen molar-refractivity contribution in [1.29, 1.82) is 0 Å². The number of rotatable bonds is 13. The summed E-state index contributed by atoms with van der Waals surface area (Å²) in [6.45, 7) is 17.7. The van der Waals surface area contributed by atoms with Crippen LogP contribution in [-0.4, -0.2) is 41.4 Å². The first kappa shape index (κ1) is 30.8. The fraction of sp³-hybridized carbons (Fsp3) is 0.760. The van der Waals surface area contributed by atoms with Gasteiger partial charge in [-0.25, -0.2) is 13.6 Å². The second-order valence-corrected chi connectivity index (χ2v) is 14.9. The molecule has 9 nitrogen and oxygen atoms in total. The van der Waals surface area contributed by atoms with Gasteiger partial charge in [-0.2, -0.15) is 0 Å². The van der Waals surface area contributed by atoms with Gasteiger partial charge in [-0.15, -0.1) is 0 Å². The average molecular weight is 514 g/mol. The number of aryl methyl sites for hydroxylation is 1. The van der Waals surface area contributed by atoms with Gasteiger partial charge in [-0.05, 0) is 59.5 Å². The third-order valence-corrected chi connectivity index (χ3v) is 7.59. The summed E-state index contributed by atoms with van der Waals surface area (Å²) in [6.07, 6.45) is 4.03. The van der Waals surface area contributed by atoms with Crippen molar-refractivity contribution in [2.24, 2.45) is 27.4 Å². The van der Waals surface area contributed by atoms with Crippen LogP contribution in [0.4, 0.5) is 0 Å². The van der Waals surface area contributed by atoms with Crippen LogP contribution in [-0.2, 0) is 26.0 Å². The number of hydrogen-bond acceptors (Lipinski definition) is 4. The quantitative estimate of drug-likeness (QED) is 0.267. The smallest absolute Gasteiger partial charge is 0.235 e. The van der Waals surface area contributed by atoms with Gasteiger partial charge in [0.1, 0.15) is 0 Å². The van der Waals surface area contributed by atoms with Crippen molar-refractivity contribution < 1.29 is 18.0 Å². The summed E-state index contributed by atoms with van der Waals surface area (Å²) < 4.78 is 27.9. The molecule has 0 fully saturated rings. The summed E-state index contributed by atoms with van der Waals surface area (Å²) in [7, 11) is -3.85. The molecule has 10 heteroatoms. The molecule has 0 aromatic carbocycles. The molecule has 6 N–H and O–H groups in total. The summed E-state index contributed by atoms with van der Waals surface area (Å²) in [5.74, 6) is -1.14. The highest BCUT2D eigenvalue weighted by Crippen LogP contribution is 2.39. The van der Waals surface area contributed by atoms with Gasteiger partial charge in [0, 0.05) is 24.7 Å². The molecule has 0 spiro atoms. The molecule has 0 aliphatic carbocycles. The number of carbonyl (C=O) groups is 2. The molecular weight excluding hydrogens is 466 g/mol. The predicted octanol–water partition coefficient (Wildman–Crippen LogP) is 4.24. The van der Waals surface area contributed by atoms with Crippen molar-refractivity contribution in [1.82, 2.24) is 20.1 Å². The van der Waals surface area contributed by atoms with E-state index in [9.17, 15) is 18.0 Å². The highest BCUT2D eigenvalue weighted by molar-refractivity contribution is 7.90. The number of nitrogens with two attached hydrogens (primary N) is 1. The summed E-state index contributed by atoms with van der Waals surface area (Å²) in [5, 5.41) is 8.99. The number of aromatic amines is 3. The molecule has 1 aromatic heterocycles. The van der Waals surface area contributed by atoms with Gasteiger partial charge in [-0.3, -0.25) is 24.5 Å². The lowest BCUT2D eigenvalue weighted by atomic mass is 9.71. The number of sulfonamides is 1. The van der Waals surface area contributed by atoms with Crippen molar-refractivity contribution in [3.63, 3.8) is 0 Å². The van der Waals surface area contributed by atoms with Gasteiger partial charge < -0.3 is 5.73 Å². The van der Waals surface area contributed by atoms with E-state index < -0.39 is 38.1 Å². The second-order valence-electron chi connectivity index (χ2n) is 13.2. The predicted molar refractivity (Wildman–Crippen MR) is 140 cm³/mol. The van der Waals surface area contributed by atoms with Crippen LogP contribution in [0.2, 0.25) is 0 Å². The second kappa shape index (κ2) is 11.2. The number of aromatic nitrogens is 3. The van der Waals surface area contributed by atoms with E-state index >= 15 is 0 Å². The fourth-order valence-corrected chi connectivity index (χ4v) is 7.30. The highest BCUT2D eigenvalue weighted by atomic mass is 32.2. The molecular formula is C25H47N5O4S. The van der Waals surface area contributed by atoms with Gasteiger partial charge in [0.05, 0.1) is 5.75 Å². The largest absolute Gasteiger partial charge is 0.370 e. The standard InChI is InChI=1S/C25H47N5O4S/c1-18-10-11-27-30-28-19(18)12-22(2,3)15-24(6,7)14-21(32)29-35(33,34)17-25(8,9)16-23(4,5)13-20(26)31/h10-11,27-28,30H,12-17H2,1-9H3,(H2,26,31)(H,29,32). The normalized spacial score (nSPS) is 13.4. The number of hydrogen-bond donors (Lipinski definition) is 5. The molecule has 0 unspecified atom stereocenters. The van der Waals surface area contributed by atoms with Gasteiger partial charge in [0.25, 0.3) is 0 Å². The minimum absolute atomic E-state index is 0.0917. The lowest BCUT2D eigenvalue weighted by Crippen LogP contribution is -2.41. The Bertz CT molecular complexity index is 1020. The lowest BCUT2D eigenvalue weighted by molar-refractivity contribution is -0.122. The van der Waals surface area contributed by atoms with E-state index in [1.807, 2.05) is 60.7 Å². The monoisotopic (exact) mass is 513 g/mol. The third kappa shape index (κ3) is 12.3.